The summed E-state index contributed by atoms with van der Waals surface area (Å²) in [7, 11) is 0. The van der Waals surface area contributed by atoms with Crippen LogP contribution in [0.4, 0.5) is 4.39 Å². The van der Waals surface area contributed by atoms with Gasteiger partial charge in [0.1, 0.15) is 11.9 Å². The van der Waals surface area contributed by atoms with Gasteiger partial charge in [-0.3, -0.25) is 9.59 Å². The Morgan fingerprint density at radius 3 is 2.62 bits per heavy atom. The standard InChI is InChI=1S/C23H25FN2O6/c24-16-4-1-14(2-5-16)11-25-22(28)10-17-6-7-18(21(12-27)32-17)26-23(29)15-3-8-19-20(9-15)31-13-30-19/h1-5,8-9,17-18,21,27H,6-7,10-13H2,(H,25,28)(H,26,29)/t17-,18-,21+/m0/s1. The van der Waals surface area contributed by atoms with Gasteiger partial charge in [-0.05, 0) is 48.7 Å². The molecule has 2 aromatic rings. The van der Waals surface area contributed by atoms with Gasteiger partial charge in [-0.1, -0.05) is 12.1 Å². The average molecular weight is 444 g/mol. The van der Waals surface area contributed by atoms with Crippen LogP contribution in [0.2, 0.25) is 0 Å². The van der Waals surface area contributed by atoms with Crippen molar-refractivity contribution >= 4 is 11.8 Å². The molecule has 0 radical (unpaired) electrons. The molecule has 0 bridgehead atoms. The number of carbonyl (C=O) groups excluding carboxylic acids is 2. The highest BCUT2D eigenvalue weighted by Gasteiger charge is 2.33. The molecule has 2 amide bonds. The first-order valence-corrected chi connectivity index (χ1v) is 10.5. The van der Waals surface area contributed by atoms with E-state index in [-0.39, 0.29) is 49.6 Å². The van der Waals surface area contributed by atoms with Crippen molar-refractivity contribution in [2.45, 2.75) is 44.1 Å². The maximum Gasteiger partial charge on any atom is 0.251 e. The number of aliphatic hydroxyl groups is 1. The van der Waals surface area contributed by atoms with E-state index in [4.69, 9.17) is 14.2 Å². The van der Waals surface area contributed by atoms with Crippen LogP contribution in [0.5, 0.6) is 11.5 Å². The van der Waals surface area contributed by atoms with Crippen molar-refractivity contribution in [1.29, 1.82) is 0 Å². The molecule has 32 heavy (non-hydrogen) atoms. The normalized spacial score (nSPS) is 21.8. The first-order valence-electron chi connectivity index (χ1n) is 10.5. The van der Waals surface area contributed by atoms with E-state index >= 15 is 0 Å². The Morgan fingerprint density at radius 1 is 1.06 bits per heavy atom. The smallest absolute Gasteiger partial charge is 0.251 e. The summed E-state index contributed by atoms with van der Waals surface area (Å²) in [6.45, 7) is 0.144. The second-order valence-corrected chi connectivity index (χ2v) is 7.81. The van der Waals surface area contributed by atoms with E-state index < -0.39 is 6.10 Å². The summed E-state index contributed by atoms with van der Waals surface area (Å²) in [5.74, 6) is 0.287. The fourth-order valence-electron chi connectivity index (χ4n) is 3.82. The fraction of sp³-hybridized carbons (Fsp3) is 0.391. The molecule has 0 aliphatic carbocycles. The van der Waals surface area contributed by atoms with Crippen molar-refractivity contribution in [3.63, 3.8) is 0 Å². The molecule has 3 atom stereocenters. The van der Waals surface area contributed by atoms with Gasteiger partial charge in [0.05, 0.1) is 25.2 Å². The molecule has 0 unspecified atom stereocenters. The second-order valence-electron chi connectivity index (χ2n) is 7.81. The number of ether oxygens (including phenoxy) is 3. The molecule has 2 aromatic carbocycles. The lowest BCUT2D eigenvalue weighted by Crippen LogP contribution is -2.51. The van der Waals surface area contributed by atoms with Crippen LogP contribution in [0.1, 0.15) is 35.2 Å². The number of halogens is 1. The third-order valence-electron chi connectivity index (χ3n) is 5.56. The summed E-state index contributed by atoms with van der Waals surface area (Å²) in [5, 5.41) is 15.4. The summed E-state index contributed by atoms with van der Waals surface area (Å²) in [6, 6.07) is 10.5. The lowest BCUT2D eigenvalue weighted by atomic mass is 9.96. The Labute approximate surface area is 184 Å². The number of hydrogen-bond donors (Lipinski definition) is 3. The zero-order valence-corrected chi connectivity index (χ0v) is 17.4. The monoisotopic (exact) mass is 444 g/mol. The summed E-state index contributed by atoms with van der Waals surface area (Å²) < 4.78 is 29.4. The van der Waals surface area contributed by atoms with E-state index in [1.54, 1.807) is 30.3 Å². The molecule has 170 valence electrons. The van der Waals surface area contributed by atoms with Crippen LogP contribution in [0.15, 0.2) is 42.5 Å². The number of carbonyl (C=O) groups is 2. The average Bonchev–Trinajstić information content (AvgIpc) is 3.27. The molecule has 9 heteroatoms. The van der Waals surface area contributed by atoms with Crippen molar-refractivity contribution in [2.75, 3.05) is 13.4 Å². The van der Waals surface area contributed by atoms with Gasteiger partial charge in [0.2, 0.25) is 12.7 Å². The molecule has 3 N–H and O–H groups in total. The van der Waals surface area contributed by atoms with Gasteiger partial charge in [0, 0.05) is 12.1 Å². The Kier molecular flexibility index (Phi) is 6.87. The van der Waals surface area contributed by atoms with E-state index in [1.165, 1.54) is 12.1 Å². The molecule has 2 aliphatic heterocycles. The Balaban J connectivity index is 1.26. The van der Waals surface area contributed by atoms with E-state index in [1.807, 2.05) is 0 Å². The zero-order valence-electron chi connectivity index (χ0n) is 17.4. The minimum Gasteiger partial charge on any atom is -0.454 e. The largest absolute Gasteiger partial charge is 0.454 e. The summed E-state index contributed by atoms with van der Waals surface area (Å²) >= 11 is 0. The highest BCUT2D eigenvalue weighted by Crippen LogP contribution is 2.32. The predicted molar refractivity (Wildman–Crippen MR) is 112 cm³/mol. The van der Waals surface area contributed by atoms with Gasteiger partial charge >= 0.3 is 0 Å². The number of rotatable bonds is 7. The molecule has 1 fully saturated rings. The van der Waals surface area contributed by atoms with E-state index in [0.29, 0.717) is 36.4 Å². The van der Waals surface area contributed by atoms with Crippen LogP contribution in [-0.2, 0) is 16.1 Å². The minimum atomic E-state index is -0.614. The molecular weight excluding hydrogens is 419 g/mol. The predicted octanol–water partition coefficient (Wildman–Crippen LogP) is 1.90. The van der Waals surface area contributed by atoms with E-state index in [2.05, 4.69) is 10.6 Å². The van der Waals surface area contributed by atoms with Gasteiger partial charge in [-0.2, -0.15) is 0 Å². The third-order valence-corrected chi connectivity index (χ3v) is 5.56. The maximum absolute atomic E-state index is 13.0. The molecule has 0 spiro atoms. The topological polar surface area (TPSA) is 106 Å². The summed E-state index contributed by atoms with van der Waals surface area (Å²) in [5.41, 5.74) is 1.22. The highest BCUT2D eigenvalue weighted by atomic mass is 19.1. The van der Waals surface area contributed by atoms with Crippen LogP contribution in [0.3, 0.4) is 0 Å². The SMILES string of the molecule is O=C(C[C@@H]1CC[C@H](NC(=O)c2ccc3c(c2)OCO3)[C@@H](CO)O1)NCc1ccc(F)cc1. The Hall–Kier alpha value is -3.17. The quantitative estimate of drug-likeness (QED) is 0.602. The van der Waals surface area contributed by atoms with E-state index in [0.717, 1.165) is 5.56 Å². The Morgan fingerprint density at radius 2 is 1.84 bits per heavy atom. The molecule has 0 aromatic heterocycles. The van der Waals surface area contributed by atoms with Crippen LogP contribution in [-0.4, -0.2) is 48.6 Å². The number of benzene rings is 2. The molecular formula is C23H25FN2O6. The minimum absolute atomic E-state index is 0.127. The zero-order chi connectivity index (χ0) is 22.5. The number of nitrogens with one attached hydrogen (secondary N) is 2. The molecule has 2 heterocycles. The summed E-state index contributed by atoms with van der Waals surface area (Å²) in [6.07, 6.45) is 0.292. The van der Waals surface area contributed by atoms with Crippen LogP contribution < -0.4 is 20.1 Å². The molecule has 1 saturated heterocycles. The fourth-order valence-corrected chi connectivity index (χ4v) is 3.82. The van der Waals surface area contributed by atoms with Crippen molar-refractivity contribution in [1.82, 2.24) is 10.6 Å². The second kappa shape index (κ2) is 9.97. The van der Waals surface area contributed by atoms with Gasteiger partial charge in [0.15, 0.2) is 11.5 Å². The lowest BCUT2D eigenvalue weighted by Gasteiger charge is -2.36. The van der Waals surface area contributed by atoms with Crippen molar-refractivity contribution in [3.05, 3.63) is 59.4 Å². The van der Waals surface area contributed by atoms with Gasteiger partial charge < -0.3 is 30.0 Å². The van der Waals surface area contributed by atoms with Gasteiger partial charge in [-0.25, -0.2) is 4.39 Å². The molecule has 0 saturated carbocycles. The molecule has 8 nitrogen and oxygen atoms in total. The molecule has 4 rings (SSSR count). The van der Waals surface area contributed by atoms with Gasteiger partial charge in [0.25, 0.3) is 5.91 Å². The first kappa shape index (κ1) is 22.0. The summed E-state index contributed by atoms with van der Waals surface area (Å²) in [4.78, 5) is 24.9. The first-order chi connectivity index (χ1) is 15.5. The Bertz CT molecular complexity index is 967. The number of amides is 2. The van der Waals surface area contributed by atoms with E-state index in [9.17, 15) is 19.1 Å². The number of aliphatic hydroxyl groups excluding tert-OH is 1. The third kappa shape index (κ3) is 5.35. The number of fused-ring (bicyclic) bond motifs is 1. The maximum atomic E-state index is 13.0. The highest BCUT2D eigenvalue weighted by molar-refractivity contribution is 5.95. The van der Waals surface area contributed by atoms with Crippen LogP contribution in [0, 0.1) is 5.82 Å². The lowest BCUT2D eigenvalue weighted by molar-refractivity contribution is -0.131. The number of hydrogen-bond acceptors (Lipinski definition) is 6. The van der Waals surface area contributed by atoms with Crippen molar-refractivity contribution in [2.24, 2.45) is 0 Å². The van der Waals surface area contributed by atoms with Gasteiger partial charge in [-0.15, -0.1) is 0 Å². The molecule has 2 aliphatic rings. The van der Waals surface area contributed by atoms with Crippen LogP contribution >= 0.6 is 0 Å². The van der Waals surface area contributed by atoms with Crippen molar-refractivity contribution < 1.29 is 33.3 Å². The van der Waals surface area contributed by atoms with Crippen molar-refractivity contribution in [3.8, 4) is 11.5 Å². The van der Waals surface area contributed by atoms with Crippen LogP contribution in [0.25, 0.3) is 0 Å².